The van der Waals surface area contributed by atoms with Crippen molar-refractivity contribution in [3.05, 3.63) is 29.7 Å². The zero-order valence-electron chi connectivity index (χ0n) is 15.3. The molecule has 3 rings (SSSR count). The van der Waals surface area contributed by atoms with E-state index in [1.54, 1.807) is 0 Å². The topological polar surface area (TPSA) is 135 Å². The zero-order chi connectivity index (χ0) is 21.2. The number of hydrogen-bond donors (Lipinski definition) is 4. The summed E-state index contributed by atoms with van der Waals surface area (Å²) in [5, 5.41) is 14.4. The molecule has 2 heterocycles. The van der Waals surface area contributed by atoms with Crippen molar-refractivity contribution >= 4 is 23.4 Å². The van der Waals surface area contributed by atoms with E-state index in [-0.39, 0.29) is 30.0 Å². The van der Waals surface area contributed by atoms with Crippen LogP contribution in [0.1, 0.15) is 24.1 Å². The van der Waals surface area contributed by atoms with Crippen LogP contribution in [0.15, 0.2) is 18.5 Å². The Kier molecular flexibility index (Phi) is 5.73. The predicted molar refractivity (Wildman–Crippen MR) is 97.1 cm³/mol. The molecule has 0 radical (unpaired) electrons. The molecule has 0 amide bonds. The second-order valence-corrected chi connectivity index (χ2v) is 6.52. The van der Waals surface area contributed by atoms with Gasteiger partial charge in [-0.05, 0) is 12.8 Å². The normalized spacial score (nSPS) is 14.9. The van der Waals surface area contributed by atoms with Gasteiger partial charge in [-0.1, -0.05) is 0 Å². The van der Waals surface area contributed by atoms with Gasteiger partial charge in [0.25, 0.3) is 0 Å². The minimum Gasteiger partial charge on any atom is -0.494 e. The van der Waals surface area contributed by atoms with Crippen LogP contribution < -0.4 is 21.1 Å². The number of nitrogens with zero attached hydrogens (tertiary/aromatic N) is 3. The highest BCUT2D eigenvalue weighted by molar-refractivity contribution is 5.73. The van der Waals surface area contributed by atoms with E-state index in [0.29, 0.717) is 17.6 Å². The molecule has 1 aliphatic rings. The number of halogens is 3. The van der Waals surface area contributed by atoms with Crippen LogP contribution in [-0.4, -0.2) is 45.2 Å². The highest BCUT2D eigenvalue weighted by atomic mass is 19.4. The third kappa shape index (κ3) is 5.22. The molecule has 2 aromatic heterocycles. The van der Waals surface area contributed by atoms with Crippen LogP contribution >= 0.6 is 0 Å². The van der Waals surface area contributed by atoms with Crippen LogP contribution in [0, 0.1) is 0 Å². The molecule has 2 aromatic rings. The summed E-state index contributed by atoms with van der Waals surface area (Å²) in [5.41, 5.74) is 5.24. The van der Waals surface area contributed by atoms with Crippen LogP contribution in [0.3, 0.4) is 0 Å². The summed E-state index contributed by atoms with van der Waals surface area (Å²) in [6, 6.07) is 0.326. The number of carboxylic acid groups (broad SMARTS) is 1. The van der Waals surface area contributed by atoms with Crippen LogP contribution in [0.5, 0.6) is 5.75 Å². The number of hydrogen-bond acceptors (Lipinski definition) is 8. The first-order valence-corrected chi connectivity index (χ1v) is 8.66. The van der Waals surface area contributed by atoms with Crippen LogP contribution in [0.25, 0.3) is 0 Å². The number of pyridine rings is 1. The molecule has 0 spiro atoms. The van der Waals surface area contributed by atoms with Crippen molar-refractivity contribution in [1.82, 2.24) is 15.0 Å². The number of methoxy groups -OCH3 is 1. The summed E-state index contributed by atoms with van der Waals surface area (Å²) in [7, 11) is 1.38. The summed E-state index contributed by atoms with van der Waals surface area (Å²) < 4.78 is 44.8. The van der Waals surface area contributed by atoms with E-state index >= 15 is 0 Å². The van der Waals surface area contributed by atoms with Crippen molar-refractivity contribution < 1.29 is 27.8 Å². The van der Waals surface area contributed by atoms with E-state index in [2.05, 4.69) is 25.6 Å². The van der Waals surface area contributed by atoms with Crippen molar-refractivity contribution in [3.63, 3.8) is 0 Å². The number of alkyl halides is 3. The van der Waals surface area contributed by atoms with Gasteiger partial charge in [0.05, 0.1) is 13.3 Å². The summed E-state index contributed by atoms with van der Waals surface area (Å²) in [6.07, 6.45) is -0.987. The first kappa shape index (κ1) is 20.6. The third-order valence-electron chi connectivity index (χ3n) is 4.15. The summed E-state index contributed by atoms with van der Waals surface area (Å²) in [6.45, 7) is 0. The summed E-state index contributed by atoms with van der Waals surface area (Å²) in [4.78, 5) is 22.7. The lowest BCUT2D eigenvalue weighted by atomic mass is 10.1. The second kappa shape index (κ2) is 8.07. The monoisotopic (exact) mass is 412 g/mol. The Bertz CT molecular complexity index is 904. The van der Waals surface area contributed by atoms with E-state index in [9.17, 15) is 18.0 Å². The Hall–Kier alpha value is -3.15. The molecule has 9 nitrogen and oxygen atoms in total. The maximum atomic E-state index is 13.2. The van der Waals surface area contributed by atoms with Crippen molar-refractivity contribution in [1.29, 1.82) is 0 Å². The Labute approximate surface area is 163 Å². The van der Waals surface area contributed by atoms with Crippen molar-refractivity contribution in [2.24, 2.45) is 5.73 Å². The fourth-order valence-electron chi connectivity index (χ4n) is 2.47. The molecule has 1 unspecified atom stereocenters. The number of ether oxygens (including phenoxy) is 1. The number of nitrogens with two attached hydrogens (primary N) is 1. The first-order chi connectivity index (χ1) is 13.7. The average molecular weight is 412 g/mol. The fourth-order valence-corrected chi connectivity index (χ4v) is 2.47. The van der Waals surface area contributed by atoms with E-state index in [0.717, 1.165) is 12.8 Å². The lowest BCUT2D eigenvalue weighted by Gasteiger charge is -2.15. The van der Waals surface area contributed by atoms with Crippen molar-refractivity contribution in [2.45, 2.75) is 37.5 Å². The molecule has 0 bridgehead atoms. The standard InChI is InChI=1S/C17H19F3N6O3/c1-29-13-5-9(4-11(21)15(27)28)22-7-12(13)25-16-23-6-10(17(18,19)20)14(26-16)24-8-2-3-8/h5-8,11H,2-4,21H2,1H3,(H,27,28)(H2,23,24,25,26). The number of anilines is 3. The molecule has 0 saturated heterocycles. The van der Waals surface area contributed by atoms with E-state index in [1.165, 1.54) is 19.4 Å². The van der Waals surface area contributed by atoms with Gasteiger partial charge in [0.15, 0.2) is 0 Å². The molecule has 12 heteroatoms. The van der Waals surface area contributed by atoms with Crippen LogP contribution in [0.4, 0.5) is 30.6 Å². The van der Waals surface area contributed by atoms with Gasteiger partial charge in [0.2, 0.25) is 5.95 Å². The SMILES string of the molecule is COc1cc(CC(N)C(=O)O)ncc1Nc1ncc(C(F)(F)F)c(NC2CC2)n1. The minimum atomic E-state index is -4.58. The molecule has 0 aromatic carbocycles. The van der Waals surface area contributed by atoms with Gasteiger partial charge in [0.1, 0.15) is 28.9 Å². The quantitative estimate of drug-likeness (QED) is 0.514. The molecular weight excluding hydrogens is 393 g/mol. The number of carboxylic acids is 1. The van der Waals surface area contributed by atoms with Gasteiger partial charge in [-0.25, -0.2) is 4.98 Å². The second-order valence-electron chi connectivity index (χ2n) is 6.52. The van der Waals surface area contributed by atoms with E-state index in [1.807, 2.05) is 0 Å². The van der Waals surface area contributed by atoms with Crippen LogP contribution in [-0.2, 0) is 17.4 Å². The van der Waals surface area contributed by atoms with Gasteiger partial charge in [0, 0.05) is 30.4 Å². The van der Waals surface area contributed by atoms with Gasteiger partial charge in [-0.3, -0.25) is 9.78 Å². The number of rotatable bonds is 8. The Morgan fingerprint density at radius 1 is 1.38 bits per heavy atom. The van der Waals surface area contributed by atoms with Gasteiger partial charge < -0.3 is 26.2 Å². The highest BCUT2D eigenvalue weighted by Crippen LogP contribution is 2.36. The first-order valence-electron chi connectivity index (χ1n) is 8.66. The maximum absolute atomic E-state index is 13.2. The Morgan fingerprint density at radius 2 is 2.10 bits per heavy atom. The van der Waals surface area contributed by atoms with E-state index in [4.69, 9.17) is 15.6 Å². The minimum absolute atomic E-state index is 0.0157. The highest BCUT2D eigenvalue weighted by Gasteiger charge is 2.37. The third-order valence-corrected chi connectivity index (χ3v) is 4.15. The van der Waals surface area contributed by atoms with Crippen molar-refractivity contribution in [2.75, 3.05) is 17.7 Å². The number of aliphatic carboxylic acids is 1. The van der Waals surface area contributed by atoms with Gasteiger partial charge in [-0.2, -0.15) is 18.2 Å². The zero-order valence-corrected chi connectivity index (χ0v) is 15.3. The Balaban J connectivity index is 1.84. The molecule has 1 fully saturated rings. The lowest BCUT2D eigenvalue weighted by Crippen LogP contribution is -2.32. The van der Waals surface area contributed by atoms with Crippen molar-refractivity contribution in [3.8, 4) is 5.75 Å². The molecule has 1 atom stereocenters. The van der Waals surface area contributed by atoms with E-state index < -0.39 is 23.8 Å². The molecule has 29 heavy (non-hydrogen) atoms. The molecule has 1 aliphatic carbocycles. The number of carbonyl (C=O) groups is 1. The predicted octanol–water partition coefficient (Wildman–Crippen LogP) is 2.17. The molecule has 5 N–H and O–H groups in total. The molecular formula is C17H19F3N6O3. The van der Waals surface area contributed by atoms with Gasteiger partial charge in [-0.15, -0.1) is 0 Å². The fraction of sp³-hybridized carbons (Fsp3) is 0.412. The smallest absolute Gasteiger partial charge is 0.421 e. The molecule has 0 aliphatic heterocycles. The molecule has 156 valence electrons. The number of aromatic nitrogens is 3. The summed E-state index contributed by atoms with van der Waals surface area (Å²) >= 11 is 0. The average Bonchev–Trinajstić information content (AvgIpc) is 3.46. The molecule has 1 saturated carbocycles. The Morgan fingerprint density at radius 3 is 2.69 bits per heavy atom. The largest absolute Gasteiger partial charge is 0.494 e. The van der Waals surface area contributed by atoms with Gasteiger partial charge >= 0.3 is 12.1 Å². The maximum Gasteiger partial charge on any atom is 0.421 e. The lowest BCUT2D eigenvalue weighted by molar-refractivity contribution is -0.139. The number of nitrogens with one attached hydrogen (secondary N) is 2. The van der Waals surface area contributed by atoms with Crippen LogP contribution in [0.2, 0.25) is 0 Å². The summed E-state index contributed by atoms with van der Waals surface area (Å²) in [5.74, 6) is -1.25.